The average Bonchev–Trinajstić information content (AvgIpc) is 2.41. The lowest BCUT2D eigenvalue weighted by molar-refractivity contribution is 0.458. The summed E-state index contributed by atoms with van der Waals surface area (Å²) < 4.78 is 28.9. The molecule has 2 aromatic rings. The van der Waals surface area contributed by atoms with E-state index in [-0.39, 0.29) is 4.90 Å². The highest BCUT2D eigenvalue weighted by Crippen LogP contribution is 2.28. The molecule has 1 aromatic heterocycles. The van der Waals surface area contributed by atoms with Crippen molar-refractivity contribution < 1.29 is 13.2 Å². The number of rotatable bonds is 4. The molecule has 1 heterocycles. The van der Waals surface area contributed by atoms with E-state index in [1.54, 1.807) is 25.4 Å². The summed E-state index contributed by atoms with van der Waals surface area (Å²) in [7, 11) is -1.51. The standard InChI is InChI=1S/C12H12BrN3O3S/c1-14-12-15-7-10(13)11(16-12)19-8-3-5-9(6-4-8)20(2,17)18/h3-7H,1-2H3,(H,14,15,16). The van der Waals surface area contributed by atoms with Crippen molar-refractivity contribution in [3.63, 3.8) is 0 Å². The van der Waals surface area contributed by atoms with Crippen LogP contribution in [-0.2, 0) is 9.84 Å². The molecule has 0 saturated carbocycles. The van der Waals surface area contributed by atoms with Crippen LogP contribution in [0.25, 0.3) is 0 Å². The van der Waals surface area contributed by atoms with E-state index in [2.05, 4.69) is 31.2 Å². The normalized spacial score (nSPS) is 11.2. The fourth-order valence-electron chi connectivity index (χ4n) is 1.41. The highest BCUT2D eigenvalue weighted by atomic mass is 79.9. The van der Waals surface area contributed by atoms with Crippen LogP contribution in [-0.4, -0.2) is 31.7 Å². The van der Waals surface area contributed by atoms with Crippen molar-refractivity contribution >= 4 is 31.7 Å². The zero-order chi connectivity index (χ0) is 14.8. The first kappa shape index (κ1) is 14.7. The Labute approximate surface area is 125 Å². The van der Waals surface area contributed by atoms with Crippen LogP contribution < -0.4 is 10.1 Å². The Hall–Kier alpha value is -1.67. The van der Waals surface area contributed by atoms with Crippen molar-refractivity contribution in [1.82, 2.24) is 9.97 Å². The number of ether oxygens (including phenoxy) is 1. The van der Waals surface area contributed by atoms with Crippen molar-refractivity contribution in [2.45, 2.75) is 4.90 Å². The smallest absolute Gasteiger partial charge is 0.238 e. The van der Waals surface area contributed by atoms with Gasteiger partial charge in [-0.1, -0.05) is 0 Å². The molecule has 0 aliphatic carbocycles. The molecule has 8 heteroatoms. The van der Waals surface area contributed by atoms with Crippen molar-refractivity contribution in [2.24, 2.45) is 0 Å². The van der Waals surface area contributed by atoms with Crippen molar-refractivity contribution in [1.29, 1.82) is 0 Å². The number of benzene rings is 1. The quantitative estimate of drug-likeness (QED) is 0.904. The molecule has 2 rings (SSSR count). The molecule has 1 aromatic carbocycles. The van der Waals surface area contributed by atoms with E-state index in [1.807, 2.05) is 0 Å². The number of nitrogens with zero attached hydrogens (tertiary/aromatic N) is 2. The van der Waals surface area contributed by atoms with Gasteiger partial charge < -0.3 is 10.1 Å². The third kappa shape index (κ3) is 3.45. The van der Waals surface area contributed by atoms with Gasteiger partial charge in [0.1, 0.15) is 5.75 Å². The second-order valence-corrected chi connectivity index (χ2v) is 6.81. The maximum Gasteiger partial charge on any atom is 0.238 e. The van der Waals surface area contributed by atoms with Gasteiger partial charge in [0.05, 0.1) is 15.6 Å². The second kappa shape index (κ2) is 5.76. The predicted octanol–water partition coefficient (Wildman–Crippen LogP) is 2.48. The van der Waals surface area contributed by atoms with E-state index in [4.69, 9.17) is 4.74 Å². The summed E-state index contributed by atoms with van der Waals surface area (Å²) in [5.74, 6) is 1.26. The maximum absolute atomic E-state index is 11.4. The fraction of sp³-hybridized carbons (Fsp3) is 0.167. The Morgan fingerprint density at radius 3 is 2.45 bits per heavy atom. The molecule has 0 atom stereocenters. The Morgan fingerprint density at radius 2 is 1.90 bits per heavy atom. The highest BCUT2D eigenvalue weighted by Gasteiger charge is 2.09. The largest absolute Gasteiger partial charge is 0.438 e. The lowest BCUT2D eigenvalue weighted by atomic mass is 10.3. The highest BCUT2D eigenvalue weighted by molar-refractivity contribution is 9.10. The van der Waals surface area contributed by atoms with E-state index >= 15 is 0 Å². The number of sulfone groups is 1. The molecule has 0 radical (unpaired) electrons. The molecule has 106 valence electrons. The van der Waals surface area contributed by atoms with Crippen molar-refractivity contribution in [2.75, 3.05) is 18.6 Å². The van der Waals surface area contributed by atoms with Crippen molar-refractivity contribution in [3.8, 4) is 11.6 Å². The van der Waals surface area contributed by atoms with Gasteiger partial charge in [-0.25, -0.2) is 13.4 Å². The number of aromatic nitrogens is 2. The number of hydrogen-bond donors (Lipinski definition) is 1. The molecule has 0 aliphatic rings. The lowest BCUT2D eigenvalue weighted by Crippen LogP contribution is -1.99. The lowest BCUT2D eigenvalue weighted by Gasteiger charge is -2.08. The van der Waals surface area contributed by atoms with E-state index < -0.39 is 9.84 Å². The van der Waals surface area contributed by atoms with Crippen LogP contribution in [0.2, 0.25) is 0 Å². The molecule has 0 aliphatic heterocycles. The summed E-state index contributed by atoms with van der Waals surface area (Å²) in [5.41, 5.74) is 0. The maximum atomic E-state index is 11.4. The molecule has 6 nitrogen and oxygen atoms in total. The summed E-state index contributed by atoms with van der Waals surface area (Å²) in [6, 6.07) is 6.12. The summed E-state index contributed by atoms with van der Waals surface area (Å²) in [5, 5.41) is 2.81. The molecular weight excluding hydrogens is 346 g/mol. The van der Waals surface area contributed by atoms with Crippen LogP contribution in [0.4, 0.5) is 5.95 Å². The first-order chi connectivity index (χ1) is 9.40. The van der Waals surface area contributed by atoms with Crippen LogP contribution in [0.5, 0.6) is 11.6 Å². The van der Waals surface area contributed by atoms with Gasteiger partial charge >= 0.3 is 0 Å². The van der Waals surface area contributed by atoms with Crippen LogP contribution in [0.15, 0.2) is 39.8 Å². The minimum Gasteiger partial charge on any atom is -0.438 e. The van der Waals surface area contributed by atoms with E-state index in [0.29, 0.717) is 22.1 Å². The van der Waals surface area contributed by atoms with Gasteiger partial charge in [-0.2, -0.15) is 4.98 Å². The summed E-state index contributed by atoms with van der Waals surface area (Å²) in [4.78, 5) is 8.40. The van der Waals surface area contributed by atoms with Crippen LogP contribution in [0, 0.1) is 0 Å². The van der Waals surface area contributed by atoms with Gasteiger partial charge in [-0.15, -0.1) is 0 Å². The number of hydrogen-bond acceptors (Lipinski definition) is 6. The minimum atomic E-state index is -3.21. The minimum absolute atomic E-state index is 0.238. The molecule has 0 spiro atoms. The monoisotopic (exact) mass is 357 g/mol. The summed E-state index contributed by atoms with van der Waals surface area (Å²) in [6.07, 6.45) is 2.72. The van der Waals surface area contributed by atoms with E-state index in [9.17, 15) is 8.42 Å². The zero-order valence-electron chi connectivity index (χ0n) is 10.8. The van der Waals surface area contributed by atoms with Gasteiger partial charge in [-0.3, -0.25) is 0 Å². The SMILES string of the molecule is CNc1ncc(Br)c(Oc2ccc(S(C)(=O)=O)cc2)n1. The van der Waals surface area contributed by atoms with Gasteiger partial charge in [0.25, 0.3) is 0 Å². The molecule has 0 bridgehead atoms. The second-order valence-electron chi connectivity index (χ2n) is 3.94. The molecule has 0 unspecified atom stereocenters. The van der Waals surface area contributed by atoms with Gasteiger partial charge in [-0.05, 0) is 40.2 Å². The Kier molecular flexibility index (Phi) is 4.24. The number of anilines is 1. The zero-order valence-corrected chi connectivity index (χ0v) is 13.2. The number of halogens is 1. The molecular formula is C12H12BrN3O3S. The summed E-state index contributed by atoms with van der Waals surface area (Å²) >= 11 is 3.29. The first-order valence-corrected chi connectivity index (χ1v) is 8.27. The first-order valence-electron chi connectivity index (χ1n) is 5.58. The van der Waals surface area contributed by atoms with Crippen LogP contribution in [0.3, 0.4) is 0 Å². The van der Waals surface area contributed by atoms with Gasteiger partial charge in [0.15, 0.2) is 9.84 Å². The summed E-state index contributed by atoms with van der Waals surface area (Å²) in [6.45, 7) is 0. The topological polar surface area (TPSA) is 81.2 Å². The van der Waals surface area contributed by atoms with Crippen LogP contribution in [0.1, 0.15) is 0 Å². The van der Waals surface area contributed by atoms with E-state index in [1.165, 1.54) is 12.1 Å². The molecule has 0 amide bonds. The predicted molar refractivity (Wildman–Crippen MR) is 78.9 cm³/mol. The molecule has 1 N–H and O–H groups in total. The van der Waals surface area contributed by atoms with Gasteiger partial charge in [0, 0.05) is 13.3 Å². The molecule has 0 fully saturated rings. The third-order valence-electron chi connectivity index (χ3n) is 2.40. The Morgan fingerprint density at radius 1 is 1.25 bits per heavy atom. The van der Waals surface area contributed by atoms with Crippen LogP contribution >= 0.6 is 15.9 Å². The Balaban J connectivity index is 2.26. The fourth-order valence-corrected chi connectivity index (χ4v) is 2.31. The average molecular weight is 358 g/mol. The van der Waals surface area contributed by atoms with Gasteiger partial charge in [0.2, 0.25) is 11.8 Å². The third-order valence-corrected chi connectivity index (χ3v) is 4.07. The molecule has 20 heavy (non-hydrogen) atoms. The van der Waals surface area contributed by atoms with Crippen molar-refractivity contribution in [3.05, 3.63) is 34.9 Å². The molecule has 0 saturated heterocycles. The Bertz CT molecular complexity index is 717. The number of nitrogens with one attached hydrogen (secondary N) is 1. The van der Waals surface area contributed by atoms with E-state index in [0.717, 1.165) is 6.26 Å².